The second-order valence-electron chi connectivity index (χ2n) is 3.92. The molecule has 96 valence electrons. The molecule has 0 spiro atoms. The Bertz CT molecular complexity index is 598. The van der Waals surface area contributed by atoms with Gasteiger partial charge in [-0.2, -0.15) is 0 Å². The number of rotatable bonds is 2. The monoisotopic (exact) mass is 257 g/mol. The Hall–Kier alpha value is -2.56. The molecule has 0 bridgehead atoms. The number of benzene rings is 1. The lowest BCUT2D eigenvalue weighted by Crippen LogP contribution is -2.16. The molecule has 0 N–H and O–H groups in total. The van der Waals surface area contributed by atoms with E-state index < -0.39 is 5.97 Å². The van der Waals surface area contributed by atoms with Gasteiger partial charge in [-0.3, -0.25) is 0 Å². The molecule has 0 amide bonds. The van der Waals surface area contributed by atoms with Gasteiger partial charge in [0.05, 0.1) is 5.56 Å². The fourth-order valence-electron chi connectivity index (χ4n) is 1.73. The summed E-state index contributed by atoms with van der Waals surface area (Å²) in [5, 5.41) is 0. The smallest absolute Gasteiger partial charge is 0.344 e. The van der Waals surface area contributed by atoms with Crippen LogP contribution in [0.5, 0.6) is 17.4 Å². The largest absolute Gasteiger partial charge is 0.486 e. The predicted octanol–water partition coefficient (Wildman–Crippen LogP) is 2.07. The highest BCUT2D eigenvalue weighted by Gasteiger charge is 2.16. The topological polar surface area (TPSA) is 57.7 Å². The van der Waals surface area contributed by atoms with Crippen molar-refractivity contribution in [2.45, 2.75) is 0 Å². The number of carbonyl (C=O) groups is 1. The minimum Gasteiger partial charge on any atom is -0.486 e. The van der Waals surface area contributed by atoms with Crippen LogP contribution < -0.4 is 14.2 Å². The van der Waals surface area contributed by atoms with Gasteiger partial charge in [0.2, 0.25) is 5.88 Å². The van der Waals surface area contributed by atoms with Crippen molar-refractivity contribution in [3.05, 3.63) is 48.2 Å². The summed E-state index contributed by atoms with van der Waals surface area (Å²) >= 11 is 0. The maximum absolute atomic E-state index is 11.9. The zero-order valence-electron chi connectivity index (χ0n) is 10.0. The van der Waals surface area contributed by atoms with Crippen LogP contribution in [0.3, 0.4) is 0 Å². The number of esters is 1. The summed E-state index contributed by atoms with van der Waals surface area (Å²) in [4.78, 5) is 15.9. The molecule has 1 aliphatic rings. The van der Waals surface area contributed by atoms with E-state index in [0.717, 1.165) is 0 Å². The van der Waals surface area contributed by atoms with E-state index in [4.69, 9.17) is 14.2 Å². The van der Waals surface area contributed by atoms with Crippen LogP contribution in [0.25, 0.3) is 0 Å². The zero-order chi connectivity index (χ0) is 13.1. The van der Waals surface area contributed by atoms with Crippen molar-refractivity contribution in [1.82, 2.24) is 4.98 Å². The van der Waals surface area contributed by atoms with Gasteiger partial charge in [0.15, 0.2) is 11.5 Å². The molecule has 5 nitrogen and oxygen atoms in total. The molecule has 2 aromatic rings. The number of pyridine rings is 1. The lowest BCUT2D eigenvalue weighted by atomic mass is 10.2. The van der Waals surface area contributed by atoms with Crippen LogP contribution >= 0.6 is 0 Å². The fourth-order valence-corrected chi connectivity index (χ4v) is 1.73. The quantitative estimate of drug-likeness (QED) is 0.771. The number of fused-ring (bicyclic) bond motifs is 1. The molecule has 3 rings (SSSR count). The van der Waals surface area contributed by atoms with Crippen LogP contribution in [-0.2, 0) is 0 Å². The fraction of sp³-hybridized carbons (Fsp3) is 0.143. The summed E-state index contributed by atoms with van der Waals surface area (Å²) in [5.41, 5.74) is 0.398. The van der Waals surface area contributed by atoms with Gasteiger partial charge in [0.25, 0.3) is 0 Å². The third-order valence-electron chi connectivity index (χ3n) is 2.61. The van der Waals surface area contributed by atoms with Crippen LogP contribution in [0.1, 0.15) is 10.4 Å². The van der Waals surface area contributed by atoms with Gasteiger partial charge in [-0.25, -0.2) is 9.78 Å². The van der Waals surface area contributed by atoms with E-state index in [9.17, 15) is 4.79 Å². The summed E-state index contributed by atoms with van der Waals surface area (Å²) in [6, 6.07) is 10.1. The predicted molar refractivity (Wildman–Crippen MR) is 66.6 cm³/mol. The Kier molecular flexibility index (Phi) is 3.02. The molecule has 0 fully saturated rings. The molecular formula is C14H11NO4. The number of nitrogens with zero attached hydrogens (tertiary/aromatic N) is 1. The van der Waals surface area contributed by atoms with E-state index in [-0.39, 0.29) is 5.88 Å². The van der Waals surface area contributed by atoms with Crippen molar-refractivity contribution in [1.29, 1.82) is 0 Å². The number of hydrogen-bond donors (Lipinski definition) is 0. The Morgan fingerprint density at radius 3 is 2.74 bits per heavy atom. The molecular weight excluding hydrogens is 246 g/mol. The number of carbonyl (C=O) groups excluding carboxylic acids is 1. The van der Waals surface area contributed by atoms with Crippen molar-refractivity contribution in [3.8, 4) is 17.4 Å². The first-order chi connectivity index (χ1) is 9.33. The maximum atomic E-state index is 11.9. The second kappa shape index (κ2) is 4.97. The SMILES string of the molecule is O=C(Oc1ccccn1)c1ccc2c(c1)OCCO2. The first-order valence-electron chi connectivity index (χ1n) is 5.86. The molecule has 2 heterocycles. The molecule has 0 radical (unpaired) electrons. The van der Waals surface area contributed by atoms with E-state index >= 15 is 0 Å². The van der Waals surface area contributed by atoms with E-state index in [1.807, 2.05) is 0 Å². The van der Waals surface area contributed by atoms with Gasteiger partial charge >= 0.3 is 5.97 Å². The van der Waals surface area contributed by atoms with Gasteiger partial charge in [-0.1, -0.05) is 6.07 Å². The number of hydrogen-bond acceptors (Lipinski definition) is 5. The Morgan fingerprint density at radius 2 is 1.95 bits per heavy atom. The number of ether oxygens (including phenoxy) is 3. The van der Waals surface area contributed by atoms with Crippen LogP contribution in [0, 0.1) is 0 Å². The average Bonchev–Trinajstić information content (AvgIpc) is 2.48. The molecule has 0 saturated heterocycles. The van der Waals surface area contributed by atoms with Gasteiger partial charge in [0, 0.05) is 12.3 Å². The molecule has 5 heteroatoms. The number of aromatic nitrogens is 1. The van der Waals surface area contributed by atoms with Crippen LogP contribution in [-0.4, -0.2) is 24.2 Å². The summed E-state index contributed by atoms with van der Waals surface area (Å²) in [6.07, 6.45) is 1.56. The normalized spacial score (nSPS) is 12.8. The third-order valence-corrected chi connectivity index (χ3v) is 2.61. The summed E-state index contributed by atoms with van der Waals surface area (Å²) in [6.45, 7) is 0.996. The second-order valence-corrected chi connectivity index (χ2v) is 3.92. The first-order valence-corrected chi connectivity index (χ1v) is 5.86. The average molecular weight is 257 g/mol. The third kappa shape index (κ3) is 2.49. The van der Waals surface area contributed by atoms with Crippen molar-refractivity contribution in [2.75, 3.05) is 13.2 Å². The van der Waals surface area contributed by atoms with Crippen LogP contribution in [0.4, 0.5) is 0 Å². The van der Waals surface area contributed by atoms with Gasteiger partial charge < -0.3 is 14.2 Å². The molecule has 0 unspecified atom stereocenters. The minimum atomic E-state index is -0.476. The van der Waals surface area contributed by atoms with Crippen LogP contribution in [0.2, 0.25) is 0 Å². The van der Waals surface area contributed by atoms with E-state index in [2.05, 4.69) is 4.98 Å². The lowest BCUT2D eigenvalue weighted by molar-refractivity contribution is 0.0726. The van der Waals surface area contributed by atoms with Gasteiger partial charge in [-0.15, -0.1) is 0 Å². The molecule has 0 atom stereocenters. The molecule has 1 aromatic heterocycles. The Labute approximate surface area is 109 Å². The minimum absolute atomic E-state index is 0.266. The van der Waals surface area contributed by atoms with E-state index in [1.165, 1.54) is 0 Å². The Morgan fingerprint density at radius 1 is 1.11 bits per heavy atom. The summed E-state index contributed by atoms with van der Waals surface area (Å²) in [7, 11) is 0. The molecule has 0 aliphatic carbocycles. The summed E-state index contributed by atoms with van der Waals surface area (Å²) in [5.74, 6) is 0.986. The molecule has 19 heavy (non-hydrogen) atoms. The van der Waals surface area contributed by atoms with E-state index in [1.54, 1.807) is 42.6 Å². The lowest BCUT2D eigenvalue weighted by Gasteiger charge is -2.18. The van der Waals surface area contributed by atoms with Gasteiger partial charge in [-0.05, 0) is 24.3 Å². The van der Waals surface area contributed by atoms with Crippen molar-refractivity contribution < 1.29 is 19.0 Å². The van der Waals surface area contributed by atoms with E-state index in [0.29, 0.717) is 30.3 Å². The van der Waals surface area contributed by atoms with Gasteiger partial charge in [0.1, 0.15) is 13.2 Å². The van der Waals surface area contributed by atoms with Crippen molar-refractivity contribution in [2.24, 2.45) is 0 Å². The standard InChI is InChI=1S/C14H11NO4/c16-14(19-13-3-1-2-6-15-13)10-4-5-11-12(9-10)18-8-7-17-11/h1-6,9H,7-8H2. The van der Waals surface area contributed by atoms with Crippen molar-refractivity contribution in [3.63, 3.8) is 0 Å². The van der Waals surface area contributed by atoms with Crippen molar-refractivity contribution >= 4 is 5.97 Å². The highest BCUT2D eigenvalue weighted by molar-refractivity contribution is 5.91. The highest BCUT2D eigenvalue weighted by atomic mass is 16.6. The maximum Gasteiger partial charge on any atom is 0.344 e. The first kappa shape index (κ1) is 11.5. The Balaban J connectivity index is 1.80. The molecule has 1 aliphatic heterocycles. The molecule has 0 saturated carbocycles. The summed E-state index contributed by atoms with van der Waals surface area (Å²) < 4.78 is 15.9. The highest BCUT2D eigenvalue weighted by Crippen LogP contribution is 2.30. The molecule has 1 aromatic carbocycles. The zero-order valence-corrected chi connectivity index (χ0v) is 10.0. The van der Waals surface area contributed by atoms with Crippen LogP contribution in [0.15, 0.2) is 42.6 Å².